The normalized spacial score (nSPS) is 25.6. The Labute approximate surface area is 128 Å². The standard InChI is InChI=1S/C17H27ClN2/c1-4-19-11-14-5-7-17(2,3)10-15(14)9-13-6-8-20-12-16(13)18/h6,8,12,14-15,19H,4-5,7,9-11H2,1-3H3. The van der Waals surface area contributed by atoms with Crippen LogP contribution in [0, 0.1) is 17.3 Å². The molecular weight excluding hydrogens is 268 g/mol. The molecule has 0 spiro atoms. The summed E-state index contributed by atoms with van der Waals surface area (Å²) in [6, 6.07) is 2.08. The maximum absolute atomic E-state index is 6.29. The monoisotopic (exact) mass is 294 g/mol. The summed E-state index contributed by atoms with van der Waals surface area (Å²) in [7, 11) is 0. The van der Waals surface area contributed by atoms with Gasteiger partial charge in [0.2, 0.25) is 0 Å². The van der Waals surface area contributed by atoms with E-state index >= 15 is 0 Å². The summed E-state index contributed by atoms with van der Waals surface area (Å²) in [5, 5.41) is 4.35. The van der Waals surface area contributed by atoms with Gasteiger partial charge in [0, 0.05) is 12.4 Å². The molecule has 1 heterocycles. The van der Waals surface area contributed by atoms with Crippen LogP contribution in [0.2, 0.25) is 5.02 Å². The van der Waals surface area contributed by atoms with E-state index in [2.05, 4.69) is 37.1 Å². The molecule has 0 saturated heterocycles. The Morgan fingerprint density at radius 1 is 1.40 bits per heavy atom. The van der Waals surface area contributed by atoms with Crippen molar-refractivity contribution in [1.29, 1.82) is 0 Å². The van der Waals surface area contributed by atoms with Crippen molar-refractivity contribution in [2.24, 2.45) is 17.3 Å². The lowest BCUT2D eigenvalue weighted by atomic mass is 9.65. The Balaban J connectivity index is 2.08. The Kier molecular flexibility index (Phi) is 5.45. The fourth-order valence-electron chi connectivity index (χ4n) is 3.48. The first-order valence-corrected chi connectivity index (χ1v) is 8.19. The lowest BCUT2D eigenvalue weighted by Gasteiger charge is -2.41. The van der Waals surface area contributed by atoms with Crippen molar-refractivity contribution in [3.63, 3.8) is 0 Å². The van der Waals surface area contributed by atoms with Crippen LogP contribution in [0.25, 0.3) is 0 Å². The molecule has 20 heavy (non-hydrogen) atoms. The first-order valence-electron chi connectivity index (χ1n) is 7.81. The molecule has 1 fully saturated rings. The third kappa shape index (κ3) is 4.20. The minimum atomic E-state index is 0.465. The minimum Gasteiger partial charge on any atom is -0.317 e. The zero-order valence-electron chi connectivity index (χ0n) is 13.0. The van der Waals surface area contributed by atoms with Crippen LogP contribution in [0.5, 0.6) is 0 Å². The fourth-order valence-corrected chi connectivity index (χ4v) is 3.68. The molecule has 0 bridgehead atoms. The quantitative estimate of drug-likeness (QED) is 0.874. The van der Waals surface area contributed by atoms with E-state index in [0.717, 1.165) is 36.4 Å². The van der Waals surface area contributed by atoms with Gasteiger partial charge in [-0.1, -0.05) is 32.4 Å². The molecule has 1 aromatic heterocycles. The van der Waals surface area contributed by atoms with Gasteiger partial charge in [-0.2, -0.15) is 0 Å². The van der Waals surface area contributed by atoms with Crippen LogP contribution in [0.1, 0.15) is 45.6 Å². The average Bonchev–Trinajstić information content (AvgIpc) is 2.40. The molecule has 2 nitrogen and oxygen atoms in total. The van der Waals surface area contributed by atoms with Crippen molar-refractivity contribution in [3.8, 4) is 0 Å². The number of nitrogens with one attached hydrogen (secondary N) is 1. The van der Waals surface area contributed by atoms with E-state index < -0.39 is 0 Å². The van der Waals surface area contributed by atoms with Gasteiger partial charge in [0.25, 0.3) is 0 Å². The molecular formula is C17H27ClN2. The van der Waals surface area contributed by atoms with Gasteiger partial charge in [0.15, 0.2) is 0 Å². The van der Waals surface area contributed by atoms with E-state index in [1.54, 1.807) is 6.20 Å². The van der Waals surface area contributed by atoms with Crippen LogP contribution in [0.4, 0.5) is 0 Å². The van der Waals surface area contributed by atoms with Crippen LogP contribution >= 0.6 is 11.6 Å². The van der Waals surface area contributed by atoms with Gasteiger partial charge in [-0.3, -0.25) is 4.98 Å². The molecule has 1 saturated carbocycles. The molecule has 0 aliphatic heterocycles. The molecule has 0 aromatic carbocycles. The highest BCUT2D eigenvalue weighted by molar-refractivity contribution is 6.31. The second-order valence-corrected chi connectivity index (χ2v) is 7.31. The minimum absolute atomic E-state index is 0.465. The number of nitrogens with zero attached hydrogens (tertiary/aromatic N) is 1. The molecule has 112 valence electrons. The molecule has 2 unspecified atom stereocenters. The molecule has 2 atom stereocenters. The largest absolute Gasteiger partial charge is 0.317 e. The third-order valence-electron chi connectivity index (χ3n) is 4.67. The lowest BCUT2D eigenvalue weighted by molar-refractivity contribution is 0.116. The van der Waals surface area contributed by atoms with Crippen molar-refractivity contribution in [1.82, 2.24) is 10.3 Å². The Morgan fingerprint density at radius 3 is 2.90 bits per heavy atom. The van der Waals surface area contributed by atoms with E-state index in [4.69, 9.17) is 11.6 Å². The molecule has 0 radical (unpaired) electrons. The first kappa shape index (κ1) is 15.8. The van der Waals surface area contributed by atoms with Crippen molar-refractivity contribution < 1.29 is 0 Å². The predicted molar refractivity (Wildman–Crippen MR) is 86.1 cm³/mol. The average molecular weight is 295 g/mol. The van der Waals surface area contributed by atoms with Gasteiger partial charge in [-0.25, -0.2) is 0 Å². The molecule has 1 aromatic rings. The maximum atomic E-state index is 6.29. The number of hydrogen-bond acceptors (Lipinski definition) is 2. The van der Waals surface area contributed by atoms with Crippen LogP contribution in [0.3, 0.4) is 0 Å². The molecule has 1 aliphatic rings. The Bertz CT molecular complexity index is 431. The highest BCUT2D eigenvalue weighted by Gasteiger charge is 2.34. The summed E-state index contributed by atoms with van der Waals surface area (Å²) in [5.41, 5.74) is 1.72. The second kappa shape index (κ2) is 6.91. The highest BCUT2D eigenvalue weighted by atomic mass is 35.5. The molecule has 3 heteroatoms. The van der Waals surface area contributed by atoms with Crippen molar-refractivity contribution in [3.05, 3.63) is 29.0 Å². The predicted octanol–water partition coefficient (Wildman–Crippen LogP) is 4.33. The number of hydrogen-bond donors (Lipinski definition) is 1. The topological polar surface area (TPSA) is 24.9 Å². The number of pyridine rings is 1. The van der Waals surface area contributed by atoms with E-state index in [0.29, 0.717) is 5.41 Å². The van der Waals surface area contributed by atoms with Crippen LogP contribution in [-0.4, -0.2) is 18.1 Å². The Hall–Kier alpha value is -0.600. The first-order chi connectivity index (χ1) is 9.52. The van der Waals surface area contributed by atoms with Gasteiger partial charge in [0.05, 0.1) is 5.02 Å². The zero-order valence-corrected chi connectivity index (χ0v) is 13.7. The van der Waals surface area contributed by atoms with Gasteiger partial charge in [-0.05, 0) is 67.7 Å². The molecule has 1 aliphatic carbocycles. The summed E-state index contributed by atoms with van der Waals surface area (Å²) >= 11 is 6.29. The van der Waals surface area contributed by atoms with Gasteiger partial charge in [0.1, 0.15) is 0 Å². The summed E-state index contributed by atoms with van der Waals surface area (Å²) in [4.78, 5) is 4.09. The Morgan fingerprint density at radius 2 is 2.20 bits per heavy atom. The highest BCUT2D eigenvalue weighted by Crippen LogP contribution is 2.43. The molecule has 2 rings (SSSR count). The summed E-state index contributed by atoms with van der Waals surface area (Å²) in [6.45, 7) is 9.18. The summed E-state index contributed by atoms with van der Waals surface area (Å²) in [6.07, 6.45) is 8.66. The van der Waals surface area contributed by atoms with Crippen LogP contribution in [-0.2, 0) is 6.42 Å². The third-order valence-corrected chi connectivity index (χ3v) is 5.01. The zero-order chi connectivity index (χ0) is 14.6. The van der Waals surface area contributed by atoms with Gasteiger partial charge < -0.3 is 5.32 Å². The van der Waals surface area contributed by atoms with Crippen molar-refractivity contribution >= 4 is 11.6 Å². The van der Waals surface area contributed by atoms with Gasteiger partial charge in [-0.15, -0.1) is 0 Å². The maximum Gasteiger partial charge on any atom is 0.0621 e. The van der Waals surface area contributed by atoms with Crippen LogP contribution in [0.15, 0.2) is 18.5 Å². The van der Waals surface area contributed by atoms with Crippen LogP contribution < -0.4 is 5.32 Å². The smallest absolute Gasteiger partial charge is 0.0621 e. The summed E-state index contributed by atoms with van der Waals surface area (Å²) in [5.74, 6) is 1.49. The van der Waals surface area contributed by atoms with E-state index in [9.17, 15) is 0 Å². The van der Waals surface area contributed by atoms with E-state index in [1.807, 2.05) is 6.20 Å². The van der Waals surface area contributed by atoms with Crippen molar-refractivity contribution in [2.45, 2.75) is 46.5 Å². The second-order valence-electron chi connectivity index (χ2n) is 6.91. The fraction of sp³-hybridized carbons (Fsp3) is 0.706. The van der Waals surface area contributed by atoms with Gasteiger partial charge >= 0.3 is 0 Å². The van der Waals surface area contributed by atoms with Crippen molar-refractivity contribution in [2.75, 3.05) is 13.1 Å². The number of halogens is 1. The SMILES string of the molecule is CCNCC1CCC(C)(C)CC1Cc1ccncc1Cl. The summed E-state index contributed by atoms with van der Waals surface area (Å²) < 4.78 is 0. The lowest BCUT2D eigenvalue weighted by Crippen LogP contribution is -2.37. The van der Waals surface area contributed by atoms with E-state index in [-0.39, 0.29) is 0 Å². The number of aromatic nitrogens is 1. The molecule has 0 amide bonds. The number of rotatable bonds is 5. The van der Waals surface area contributed by atoms with E-state index in [1.165, 1.54) is 24.8 Å². The molecule has 1 N–H and O–H groups in total.